The van der Waals surface area contributed by atoms with Gasteiger partial charge in [-0.3, -0.25) is 0 Å². The molecule has 0 nitrogen and oxygen atoms in total. The van der Waals surface area contributed by atoms with Crippen LogP contribution in [-0.2, 0) is 0 Å². The van der Waals surface area contributed by atoms with Crippen molar-refractivity contribution >= 4 is 97.0 Å². The summed E-state index contributed by atoms with van der Waals surface area (Å²) in [5.74, 6) is 0. The summed E-state index contributed by atoms with van der Waals surface area (Å²) in [6.45, 7) is 0. The molecule has 0 saturated heterocycles. The van der Waals surface area contributed by atoms with Crippen molar-refractivity contribution in [3.63, 3.8) is 0 Å². The molecule has 0 N–H and O–H groups in total. The van der Waals surface area contributed by atoms with Crippen molar-refractivity contribution in [1.29, 1.82) is 0 Å². The fraction of sp³-hybridized carbons (Fsp3) is 0. The van der Waals surface area contributed by atoms with Crippen LogP contribution < -0.4 is 0 Å². The van der Waals surface area contributed by atoms with Crippen LogP contribution >= 0.6 is 0 Å². The minimum absolute atomic E-state index is 1.30. The summed E-state index contributed by atoms with van der Waals surface area (Å²) in [5.41, 5.74) is 10.9. The van der Waals surface area contributed by atoms with Crippen molar-refractivity contribution in [2.75, 3.05) is 0 Å². The van der Waals surface area contributed by atoms with E-state index in [1.807, 2.05) is 0 Å². The molecule has 0 radical (unpaired) electrons. The van der Waals surface area contributed by atoms with Gasteiger partial charge in [0.1, 0.15) is 0 Å². The van der Waals surface area contributed by atoms with Gasteiger partial charge in [0.15, 0.2) is 0 Å². The zero-order valence-electron chi connectivity index (χ0n) is 31.5. The van der Waals surface area contributed by atoms with Crippen LogP contribution in [0.1, 0.15) is 0 Å². The zero-order valence-corrected chi connectivity index (χ0v) is 31.5. The summed E-state index contributed by atoms with van der Waals surface area (Å²) in [5, 5.41) is 24.2. The van der Waals surface area contributed by atoms with Gasteiger partial charge in [-0.25, -0.2) is 0 Å². The fourth-order valence-corrected chi connectivity index (χ4v) is 10.8. The van der Waals surface area contributed by atoms with Gasteiger partial charge >= 0.3 is 0 Å². The Labute approximate surface area is 334 Å². The highest BCUT2D eigenvalue weighted by atomic mass is 14.3. The Morgan fingerprint density at radius 2 is 0.483 bits per heavy atom. The van der Waals surface area contributed by atoms with Crippen LogP contribution in [0.3, 0.4) is 0 Å². The lowest BCUT2D eigenvalue weighted by Crippen LogP contribution is -1.87. The maximum atomic E-state index is 2.41. The normalized spacial score (nSPS) is 12.5. The Morgan fingerprint density at radius 3 is 0.897 bits per heavy atom. The first-order valence-electron chi connectivity index (χ1n) is 20.3. The summed E-state index contributed by atoms with van der Waals surface area (Å²) >= 11 is 0. The molecule has 15 rings (SSSR count). The van der Waals surface area contributed by atoms with Gasteiger partial charge in [-0.15, -0.1) is 0 Å². The predicted molar refractivity (Wildman–Crippen MR) is 250 cm³/mol. The molecule has 264 valence electrons. The van der Waals surface area contributed by atoms with Crippen molar-refractivity contribution in [3.8, 4) is 44.5 Å². The molecule has 0 unspecified atom stereocenters. The minimum atomic E-state index is 1.30. The summed E-state index contributed by atoms with van der Waals surface area (Å²) in [6, 6.07) is 72.3. The van der Waals surface area contributed by atoms with Gasteiger partial charge in [-0.05, 0) is 190 Å². The molecule has 2 aliphatic rings. The first-order chi connectivity index (χ1) is 28.7. The van der Waals surface area contributed by atoms with E-state index < -0.39 is 0 Å². The van der Waals surface area contributed by atoms with Crippen LogP contribution in [0.25, 0.3) is 141 Å². The second kappa shape index (κ2) is 11.1. The molecule has 2 aliphatic carbocycles. The second-order valence-electron chi connectivity index (χ2n) is 16.4. The van der Waals surface area contributed by atoms with Crippen LogP contribution in [0, 0.1) is 0 Å². The van der Waals surface area contributed by atoms with Gasteiger partial charge in [-0.1, -0.05) is 146 Å². The van der Waals surface area contributed by atoms with Crippen molar-refractivity contribution in [1.82, 2.24) is 0 Å². The van der Waals surface area contributed by atoms with Gasteiger partial charge in [0.2, 0.25) is 0 Å². The number of fused-ring (bicyclic) bond motifs is 12. The van der Waals surface area contributed by atoms with E-state index in [1.54, 1.807) is 0 Å². The Morgan fingerprint density at radius 1 is 0.155 bits per heavy atom. The van der Waals surface area contributed by atoms with E-state index >= 15 is 0 Å². The van der Waals surface area contributed by atoms with Gasteiger partial charge in [0, 0.05) is 0 Å². The number of rotatable bonds is 0. The predicted octanol–water partition coefficient (Wildman–Crippen LogP) is 16.5. The van der Waals surface area contributed by atoms with E-state index in [2.05, 4.69) is 194 Å². The molecule has 0 aromatic heterocycles. The summed E-state index contributed by atoms with van der Waals surface area (Å²) < 4.78 is 0. The molecule has 0 amide bonds. The third kappa shape index (κ3) is 4.04. The van der Waals surface area contributed by atoms with Crippen molar-refractivity contribution in [2.45, 2.75) is 0 Å². The van der Waals surface area contributed by atoms with E-state index in [4.69, 9.17) is 0 Å². The maximum absolute atomic E-state index is 2.41. The third-order valence-electron chi connectivity index (χ3n) is 13.4. The first kappa shape index (κ1) is 30.7. The lowest BCUT2D eigenvalue weighted by atomic mass is 9.88. The fourth-order valence-electron chi connectivity index (χ4n) is 10.8. The first-order valence-corrected chi connectivity index (χ1v) is 20.3. The van der Waals surface area contributed by atoms with E-state index in [1.165, 1.54) is 141 Å². The largest absolute Gasteiger partial charge is 0.0616 e. The Hall–Kier alpha value is -7.54. The van der Waals surface area contributed by atoms with Crippen molar-refractivity contribution in [2.24, 2.45) is 0 Å². The zero-order chi connectivity index (χ0) is 37.6. The van der Waals surface area contributed by atoms with Gasteiger partial charge in [-0.2, -0.15) is 0 Å². The molecule has 13 aromatic rings. The summed E-state index contributed by atoms with van der Waals surface area (Å²) in [6.07, 6.45) is 0. The average molecular weight is 729 g/mol. The van der Waals surface area contributed by atoms with Crippen LogP contribution in [-0.4, -0.2) is 0 Å². The van der Waals surface area contributed by atoms with Crippen molar-refractivity contribution < 1.29 is 0 Å². The molecule has 0 fully saturated rings. The van der Waals surface area contributed by atoms with Crippen LogP contribution in [0.2, 0.25) is 0 Å². The molecular weight excluding hydrogens is 697 g/mol. The quantitative estimate of drug-likeness (QED) is 0.108. The summed E-state index contributed by atoms with van der Waals surface area (Å²) in [7, 11) is 0. The molecule has 0 heterocycles. The molecule has 0 atom stereocenters. The van der Waals surface area contributed by atoms with Crippen LogP contribution in [0.15, 0.2) is 194 Å². The number of benzene rings is 13. The Bertz CT molecular complexity index is 3710. The lowest BCUT2D eigenvalue weighted by molar-refractivity contribution is 1.74. The van der Waals surface area contributed by atoms with Crippen LogP contribution in [0.4, 0.5) is 0 Å². The monoisotopic (exact) mass is 728 g/mol. The van der Waals surface area contributed by atoms with E-state index in [-0.39, 0.29) is 0 Å². The minimum Gasteiger partial charge on any atom is -0.0616 e. The molecule has 13 aromatic carbocycles. The highest BCUT2D eigenvalue weighted by Gasteiger charge is 2.26. The van der Waals surface area contributed by atoms with Gasteiger partial charge in [0.05, 0.1) is 0 Å². The highest BCUT2D eigenvalue weighted by Crippen LogP contribution is 2.53. The number of hydrogen-bond acceptors (Lipinski definition) is 0. The smallest absolute Gasteiger partial charge is 0.00139 e. The SMILES string of the molecule is c1ccc2cc3cc4c(cc3cc2c1)-c1ccc2c3cccc5cccc(c6ccc-4c1c26)c53.c1ccc2cc3cc4c(cc3cc2c1)-c1cccc2cccc-4c12. The molecule has 0 heteroatoms. The number of hydrogen-bond donors (Lipinski definition) is 0. The standard InChI is InChI=1S/C34H18.C24H14/c1-2-6-21-16-23-18-31-29-14-12-27-25-10-4-8-19-7-3-9-24(32(19)25)26-11-13-28(34(29)33(26)27)30(31)17-22(23)15-20(21)5-1;1-2-6-17-12-19-14-23-21-10-4-8-15-7-3-9-20(24(15)21)22(23)13-18(19)11-16(17)5-1/h1-18H;1-14H. The van der Waals surface area contributed by atoms with Crippen LogP contribution in [0.5, 0.6) is 0 Å². The van der Waals surface area contributed by atoms with E-state index in [9.17, 15) is 0 Å². The Kier molecular flexibility index (Phi) is 5.85. The lowest BCUT2D eigenvalue weighted by Gasteiger charge is -2.15. The summed E-state index contributed by atoms with van der Waals surface area (Å²) in [4.78, 5) is 0. The molecule has 58 heavy (non-hydrogen) atoms. The molecule has 0 saturated carbocycles. The maximum Gasteiger partial charge on any atom is -0.00139 e. The molecule has 0 aliphatic heterocycles. The molecule has 0 bridgehead atoms. The molecular formula is C58H32. The van der Waals surface area contributed by atoms with E-state index in [0.29, 0.717) is 0 Å². The Balaban J connectivity index is 0.000000123. The van der Waals surface area contributed by atoms with Crippen molar-refractivity contribution in [3.05, 3.63) is 194 Å². The molecule has 0 spiro atoms. The topological polar surface area (TPSA) is 0 Å². The van der Waals surface area contributed by atoms with Gasteiger partial charge < -0.3 is 0 Å². The highest BCUT2D eigenvalue weighted by molar-refractivity contribution is 6.37. The second-order valence-corrected chi connectivity index (χ2v) is 16.4. The van der Waals surface area contributed by atoms with E-state index in [0.717, 1.165) is 0 Å². The van der Waals surface area contributed by atoms with Gasteiger partial charge in [0.25, 0.3) is 0 Å². The average Bonchev–Trinajstić information content (AvgIpc) is 3.76. The third-order valence-corrected chi connectivity index (χ3v) is 13.4.